The first-order valence-corrected chi connectivity index (χ1v) is 14.6. The topological polar surface area (TPSA) is 126 Å². The fourth-order valence-corrected chi connectivity index (χ4v) is 5.28. The number of rotatable bonds is 10. The van der Waals surface area contributed by atoms with Crippen molar-refractivity contribution in [2.75, 3.05) is 30.9 Å². The third-order valence-electron chi connectivity index (χ3n) is 6.11. The number of anilines is 1. The fourth-order valence-electron chi connectivity index (χ4n) is 3.96. The van der Waals surface area contributed by atoms with Crippen LogP contribution >= 0.6 is 15.9 Å². The lowest BCUT2D eigenvalue weighted by molar-refractivity contribution is -0.120. The van der Waals surface area contributed by atoms with Crippen molar-refractivity contribution in [3.63, 3.8) is 0 Å². The average molecular weight is 620 g/mol. The maximum absolute atomic E-state index is 14.0. The molecular weight excluding hydrogens is 591 g/mol. The standard InChI is InChI=1S/C27H28BrFN4O5S/c28-20-3-6-22(7-4-20)38-25-10-5-21(29)15-24(25)33-39(36,37)23-8-1-19(2-9-23)27(35)32-17-26(34)31-16-18-11-13-30-14-12-18/h1-10,15,18,30,33H,11-14,16-17H2,(H,31,34)(H,32,35). The van der Waals surface area contributed by atoms with E-state index in [0.717, 1.165) is 42.5 Å². The Hall–Kier alpha value is -3.48. The molecule has 9 nitrogen and oxygen atoms in total. The van der Waals surface area contributed by atoms with Gasteiger partial charge in [0.2, 0.25) is 5.91 Å². The van der Waals surface area contributed by atoms with Gasteiger partial charge in [0.15, 0.2) is 5.75 Å². The van der Waals surface area contributed by atoms with Gasteiger partial charge in [-0.15, -0.1) is 0 Å². The molecule has 1 fully saturated rings. The van der Waals surface area contributed by atoms with E-state index in [-0.39, 0.29) is 34.3 Å². The molecule has 3 aromatic rings. The number of hydrogen-bond donors (Lipinski definition) is 4. The van der Waals surface area contributed by atoms with E-state index in [1.165, 1.54) is 30.3 Å². The smallest absolute Gasteiger partial charge is 0.262 e. The minimum Gasteiger partial charge on any atom is -0.455 e. The molecule has 4 N–H and O–H groups in total. The van der Waals surface area contributed by atoms with E-state index in [2.05, 4.69) is 36.6 Å². The number of carbonyl (C=O) groups is 2. The number of nitrogens with one attached hydrogen (secondary N) is 4. The number of ether oxygens (including phenoxy) is 1. The van der Waals surface area contributed by atoms with Crippen molar-refractivity contribution in [2.24, 2.45) is 5.92 Å². The number of piperidine rings is 1. The molecule has 0 aromatic heterocycles. The van der Waals surface area contributed by atoms with Gasteiger partial charge >= 0.3 is 0 Å². The van der Waals surface area contributed by atoms with E-state index >= 15 is 0 Å². The van der Waals surface area contributed by atoms with Crippen LogP contribution in [0.5, 0.6) is 11.5 Å². The first kappa shape index (κ1) is 28.5. The van der Waals surface area contributed by atoms with Crippen molar-refractivity contribution >= 4 is 43.5 Å². The van der Waals surface area contributed by atoms with E-state index < -0.39 is 21.7 Å². The van der Waals surface area contributed by atoms with Gasteiger partial charge in [0.25, 0.3) is 15.9 Å². The van der Waals surface area contributed by atoms with Crippen molar-refractivity contribution in [1.29, 1.82) is 0 Å². The zero-order valence-corrected chi connectivity index (χ0v) is 23.3. The largest absolute Gasteiger partial charge is 0.455 e. The summed E-state index contributed by atoms with van der Waals surface area (Å²) in [5, 5.41) is 8.63. The normalized spacial score (nSPS) is 13.9. The van der Waals surface area contributed by atoms with Crippen LogP contribution in [0.2, 0.25) is 0 Å². The van der Waals surface area contributed by atoms with Gasteiger partial charge in [-0.25, -0.2) is 12.8 Å². The van der Waals surface area contributed by atoms with Crippen LogP contribution in [-0.2, 0) is 14.8 Å². The SMILES string of the molecule is O=C(CNC(=O)c1ccc(S(=O)(=O)Nc2cc(F)ccc2Oc2ccc(Br)cc2)cc1)NCC1CCNCC1. The lowest BCUT2D eigenvalue weighted by Crippen LogP contribution is -2.40. The molecule has 2 amide bonds. The molecule has 3 aromatic carbocycles. The third-order valence-corrected chi connectivity index (χ3v) is 8.02. The summed E-state index contributed by atoms with van der Waals surface area (Å²) in [5.74, 6) is -0.495. The molecule has 0 spiro atoms. The van der Waals surface area contributed by atoms with Crippen LogP contribution in [0.25, 0.3) is 0 Å². The lowest BCUT2D eigenvalue weighted by Gasteiger charge is -2.22. The first-order chi connectivity index (χ1) is 18.7. The van der Waals surface area contributed by atoms with Gasteiger partial charge in [0.1, 0.15) is 11.6 Å². The first-order valence-electron chi connectivity index (χ1n) is 12.3. The predicted molar refractivity (Wildman–Crippen MR) is 149 cm³/mol. The molecule has 0 saturated carbocycles. The van der Waals surface area contributed by atoms with Crippen molar-refractivity contribution in [2.45, 2.75) is 17.7 Å². The Labute approximate surface area is 234 Å². The highest BCUT2D eigenvalue weighted by Crippen LogP contribution is 2.32. The number of sulfonamides is 1. The molecule has 39 heavy (non-hydrogen) atoms. The van der Waals surface area contributed by atoms with E-state index in [0.29, 0.717) is 18.2 Å². The molecule has 206 valence electrons. The molecule has 1 heterocycles. The van der Waals surface area contributed by atoms with Crippen LogP contribution in [0.4, 0.5) is 10.1 Å². The summed E-state index contributed by atoms with van der Waals surface area (Å²) in [4.78, 5) is 24.4. The Morgan fingerprint density at radius 2 is 1.67 bits per heavy atom. The Balaban J connectivity index is 1.36. The molecule has 4 rings (SSSR count). The van der Waals surface area contributed by atoms with Crippen LogP contribution in [0.1, 0.15) is 23.2 Å². The second-order valence-electron chi connectivity index (χ2n) is 9.01. The molecule has 0 aliphatic carbocycles. The molecule has 0 radical (unpaired) electrons. The summed E-state index contributed by atoms with van der Waals surface area (Å²) in [6.07, 6.45) is 1.99. The molecule has 1 aliphatic rings. The lowest BCUT2D eigenvalue weighted by atomic mass is 9.98. The summed E-state index contributed by atoms with van der Waals surface area (Å²) in [5.41, 5.74) is 0.0976. The molecule has 0 bridgehead atoms. The highest BCUT2D eigenvalue weighted by Gasteiger charge is 2.19. The van der Waals surface area contributed by atoms with Gasteiger partial charge in [-0.3, -0.25) is 14.3 Å². The Morgan fingerprint density at radius 1 is 0.974 bits per heavy atom. The van der Waals surface area contributed by atoms with E-state index in [4.69, 9.17) is 4.74 Å². The van der Waals surface area contributed by atoms with Crippen LogP contribution in [0.3, 0.4) is 0 Å². The van der Waals surface area contributed by atoms with E-state index in [1.54, 1.807) is 24.3 Å². The predicted octanol–water partition coefficient (Wildman–Crippen LogP) is 4.03. The number of amides is 2. The molecular formula is C27H28BrFN4O5S. The van der Waals surface area contributed by atoms with Gasteiger partial charge in [-0.05, 0) is 92.5 Å². The summed E-state index contributed by atoms with van der Waals surface area (Å²) in [6.45, 7) is 2.24. The molecule has 1 saturated heterocycles. The second kappa shape index (κ2) is 13.0. The highest BCUT2D eigenvalue weighted by atomic mass is 79.9. The summed E-state index contributed by atoms with van der Waals surface area (Å²) < 4.78 is 48.9. The van der Waals surface area contributed by atoms with Crippen molar-refractivity contribution in [3.8, 4) is 11.5 Å². The molecule has 12 heteroatoms. The maximum Gasteiger partial charge on any atom is 0.262 e. The Bertz CT molecular complexity index is 1410. The second-order valence-corrected chi connectivity index (χ2v) is 11.6. The third kappa shape index (κ3) is 8.25. The van der Waals surface area contributed by atoms with Crippen LogP contribution < -0.4 is 25.4 Å². The van der Waals surface area contributed by atoms with Crippen molar-refractivity contribution in [3.05, 3.63) is 82.6 Å². The Kier molecular flexibility index (Phi) is 9.54. The maximum atomic E-state index is 14.0. The summed E-state index contributed by atoms with van der Waals surface area (Å²) in [7, 11) is -4.14. The monoisotopic (exact) mass is 618 g/mol. The average Bonchev–Trinajstić information content (AvgIpc) is 2.93. The minimum atomic E-state index is -4.14. The highest BCUT2D eigenvalue weighted by molar-refractivity contribution is 9.10. The van der Waals surface area contributed by atoms with Gasteiger partial charge in [0.05, 0.1) is 17.1 Å². The summed E-state index contributed by atoms with van der Waals surface area (Å²) >= 11 is 3.33. The molecule has 1 aliphatic heterocycles. The molecule has 0 unspecified atom stereocenters. The molecule has 0 atom stereocenters. The van der Waals surface area contributed by atoms with Crippen LogP contribution in [0, 0.1) is 11.7 Å². The number of benzene rings is 3. The Morgan fingerprint density at radius 3 is 2.36 bits per heavy atom. The van der Waals surface area contributed by atoms with Gasteiger partial charge in [-0.2, -0.15) is 0 Å². The van der Waals surface area contributed by atoms with Gasteiger partial charge in [-0.1, -0.05) is 15.9 Å². The van der Waals surface area contributed by atoms with Gasteiger partial charge in [0, 0.05) is 22.6 Å². The zero-order chi connectivity index (χ0) is 27.8. The summed E-state index contributed by atoms with van der Waals surface area (Å²) in [6, 6.07) is 15.5. The quantitative estimate of drug-likeness (QED) is 0.272. The fraction of sp³-hybridized carbons (Fsp3) is 0.259. The van der Waals surface area contributed by atoms with E-state index in [1.807, 2.05) is 0 Å². The van der Waals surface area contributed by atoms with Gasteiger partial charge < -0.3 is 20.7 Å². The number of carbonyl (C=O) groups excluding carboxylic acids is 2. The number of hydrogen-bond acceptors (Lipinski definition) is 6. The zero-order valence-electron chi connectivity index (χ0n) is 20.9. The minimum absolute atomic E-state index is 0.0877. The van der Waals surface area contributed by atoms with Crippen LogP contribution in [-0.4, -0.2) is 46.4 Å². The van der Waals surface area contributed by atoms with Crippen molar-refractivity contribution < 1.29 is 27.1 Å². The number of halogens is 2. The van der Waals surface area contributed by atoms with Crippen molar-refractivity contribution in [1.82, 2.24) is 16.0 Å². The van der Waals surface area contributed by atoms with E-state index in [9.17, 15) is 22.4 Å². The van der Waals surface area contributed by atoms with Crippen LogP contribution in [0.15, 0.2) is 76.1 Å².